The highest BCUT2D eigenvalue weighted by atomic mass is 32.1. The summed E-state index contributed by atoms with van der Waals surface area (Å²) in [5.74, 6) is 0. The predicted molar refractivity (Wildman–Crippen MR) is 103 cm³/mol. The summed E-state index contributed by atoms with van der Waals surface area (Å²) in [4.78, 5) is 13.4. The van der Waals surface area contributed by atoms with E-state index in [4.69, 9.17) is 0 Å². The summed E-state index contributed by atoms with van der Waals surface area (Å²) in [6.45, 7) is 2.23. The van der Waals surface area contributed by atoms with Gasteiger partial charge in [0.05, 0.1) is 10.9 Å². The van der Waals surface area contributed by atoms with Crippen molar-refractivity contribution < 1.29 is 0 Å². The minimum atomic E-state index is 0.220. The molecule has 24 heavy (non-hydrogen) atoms. The quantitative estimate of drug-likeness (QED) is 0.649. The number of thiophene rings is 1. The van der Waals surface area contributed by atoms with Crippen LogP contribution in [-0.2, 0) is 26.3 Å². The van der Waals surface area contributed by atoms with Crippen molar-refractivity contribution >= 4 is 22.2 Å². The fraction of sp³-hybridized carbons (Fsp3) is 0.381. The lowest BCUT2D eigenvalue weighted by molar-refractivity contribution is 0.791. The van der Waals surface area contributed by atoms with Gasteiger partial charge in [0.2, 0.25) is 0 Å². The molecule has 2 aromatic heterocycles. The molecule has 2 nitrogen and oxygen atoms in total. The topological polar surface area (TPSA) is 22.0 Å². The highest BCUT2D eigenvalue weighted by Crippen LogP contribution is 2.33. The van der Waals surface area contributed by atoms with Gasteiger partial charge in [0.1, 0.15) is 0 Å². The second kappa shape index (κ2) is 6.21. The summed E-state index contributed by atoms with van der Waals surface area (Å²) in [5.41, 5.74) is 7.34. The first-order valence-electron chi connectivity index (χ1n) is 8.90. The number of hydrogen-bond donors (Lipinski definition) is 0. The normalized spacial score (nSPS) is 13.6. The molecule has 0 radical (unpaired) electrons. The Morgan fingerprint density at radius 3 is 2.92 bits per heavy atom. The second-order valence-electron chi connectivity index (χ2n) is 6.85. The lowest BCUT2D eigenvalue weighted by Crippen LogP contribution is -2.14. The molecule has 0 amide bonds. The number of aromatic nitrogens is 1. The molecular weight excluding hydrogens is 314 g/mol. The molecule has 2 heterocycles. The fourth-order valence-electron chi connectivity index (χ4n) is 4.07. The second-order valence-corrected chi connectivity index (χ2v) is 7.63. The lowest BCUT2D eigenvalue weighted by atomic mass is 9.94. The maximum Gasteiger partial charge on any atom is 0.197 e. The third kappa shape index (κ3) is 2.42. The Morgan fingerprint density at radius 2 is 2.17 bits per heavy atom. The number of pyridine rings is 1. The Hall–Kier alpha value is -1.87. The van der Waals surface area contributed by atoms with Gasteiger partial charge in [-0.1, -0.05) is 19.4 Å². The number of hydrogen-bond acceptors (Lipinski definition) is 2. The molecule has 3 heteroatoms. The molecule has 0 bridgehead atoms. The van der Waals surface area contributed by atoms with E-state index in [2.05, 4.69) is 30.0 Å². The molecular formula is C21H23NOS. The van der Waals surface area contributed by atoms with Crippen LogP contribution in [0.15, 0.2) is 33.9 Å². The van der Waals surface area contributed by atoms with Gasteiger partial charge in [0.25, 0.3) is 0 Å². The van der Waals surface area contributed by atoms with Crippen LogP contribution in [0.2, 0.25) is 0 Å². The van der Waals surface area contributed by atoms with Gasteiger partial charge >= 0.3 is 0 Å². The van der Waals surface area contributed by atoms with E-state index in [0.717, 1.165) is 41.3 Å². The van der Waals surface area contributed by atoms with E-state index in [1.807, 2.05) is 17.6 Å². The summed E-state index contributed by atoms with van der Waals surface area (Å²) in [6, 6.07) is 4.43. The van der Waals surface area contributed by atoms with Crippen molar-refractivity contribution in [3.8, 4) is 11.1 Å². The van der Waals surface area contributed by atoms with Crippen molar-refractivity contribution in [3.63, 3.8) is 0 Å². The van der Waals surface area contributed by atoms with Crippen molar-refractivity contribution in [1.29, 1.82) is 0 Å². The lowest BCUT2D eigenvalue weighted by Gasteiger charge is -2.16. The van der Waals surface area contributed by atoms with E-state index in [9.17, 15) is 4.79 Å². The van der Waals surface area contributed by atoms with Crippen molar-refractivity contribution in [3.05, 3.63) is 56.0 Å². The first-order valence-corrected chi connectivity index (χ1v) is 9.84. The van der Waals surface area contributed by atoms with E-state index in [1.54, 1.807) is 11.3 Å². The summed E-state index contributed by atoms with van der Waals surface area (Å²) in [5, 5.41) is 5.10. The van der Waals surface area contributed by atoms with Crippen LogP contribution in [0.25, 0.3) is 22.0 Å². The molecule has 0 spiro atoms. The van der Waals surface area contributed by atoms with E-state index >= 15 is 0 Å². The summed E-state index contributed by atoms with van der Waals surface area (Å²) >= 11 is 1.65. The maximum atomic E-state index is 13.4. The molecule has 124 valence electrons. The van der Waals surface area contributed by atoms with Crippen LogP contribution in [0.4, 0.5) is 0 Å². The standard InChI is InChI=1S/C21H23NOS/c1-3-4-6-15-11-14-7-5-8-17(14)19-20(15)22(2)12-18(21(19)23)16-9-10-24-13-16/h9-13H,3-8H2,1-2H3. The fourth-order valence-corrected chi connectivity index (χ4v) is 4.73. The number of aryl methyl sites for hydroxylation is 4. The number of nitrogens with zero attached hydrogens (tertiary/aromatic N) is 1. The van der Waals surface area contributed by atoms with E-state index in [0.29, 0.717) is 0 Å². The first kappa shape index (κ1) is 15.6. The minimum Gasteiger partial charge on any atom is -0.349 e. The van der Waals surface area contributed by atoms with Gasteiger partial charge in [0.15, 0.2) is 5.43 Å². The molecule has 0 atom stereocenters. The molecule has 0 saturated heterocycles. The smallest absolute Gasteiger partial charge is 0.197 e. The van der Waals surface area contributed by atoms with Gasteiger partial charge in [-0.3, -0.25) is 4.79 Å². The largest absolute Gasteiger partial charge is 0.349 e. The Kier molecular flexibility index (Phi) is 4.05. The van der Waals surface area contributed by atoms with Crippen LogP contribution in [0.1, 0.15) is 42.9 Å². The van der Waals surface area contributed by atoms with Crippen LogP contribution < -0.4 is 5.43 Å². The molecule has 1 aliphatic carbocycles. The van der Waals surface area contributed by atoms with Crippen molar-refractivity contribution in [2.24, 2.45) is 7.05 Å². The van der Waals surface area contributed by atoms with Crippen molar-refractivity contribution in [1.82, 2.24) is 4.57 Å². The number of unbranched alkanes of at least 4 members (excludes halogenated alkanes) is 1. The van der Waals surface area contributed by atoms with Crippen LogP contribution in [0, 0.1) is 0 Å². The van der Waals surface area contributed by atoms with E-state index < -0.39 is 0 Å². The number of benzene rings is 1. The van der Waals surface area contributed by atoms with Crippen LogP contribution in [0.5, 0.6) is 0 Å². The average molecular weight is 337 g/mol. The van der Waals surface area contributed by atoms with Crippen molar-refractivity contribution in [2.75, 3.05) is 0 Å². The summed E-state index contributed by atoms with van der Waals surface area (Å²) in [7, 11) is 2.09. The molecule has 0 unspecified atom stereocenters. The Bertz CT molecular complexity index is 950. The highest BCUT2D eigenvalue weighted by Gasteiger charge is 2.21. The Balaban J connectivity index is 2.07. The molecule has 0 N–H and O–H groups in total. The molecule has 0 aliphatic heterocycles. The third-order valence-electron chi connectivity index (χ3n) is 5.23. The van der Waals surface area contributed by atoms with Gasteiger partial charge in [0, 0.05) is 18.8 Å². The summed E-state index contributed by atoms with van der Waals surface area (Å²) in [6.07, 6.45) is 8.79. The maximum absolute atomic E-state index is 13.4. The van der Waals surface area contributed by atoms with Gasteiger partial charge in [-0.15, -0.1) is 0 Å². The molecule has 4 rings (SSSR count). The first-order chi connectivity index (χ1) is 11.7. The van der Waals surface area contributed by atoms with Gasteiger partial charge < -0.3 is 4.57 Å². The Morgan fingerprint density at radius 1 is 1.29 bits per heavy atom. The SMILES string of the molecule is CCCCc1cc2c(c3c(=O)c(-c4ccsc4)cn(C)c13)CCC2. The van der Waals surface area contributed by atoms with Gasteiger partial charge in [-0.2, -0.15) is 11.3 Å². The van der Waals surface area contributed by atoms with Crippen molar-refractivity contribution in [2.45, 2.75) is 45.4 Å². The molecule has 1 aliphatic rings. The van der Waals surface area contributed by atoms with E-state index in [-0.39, 0.29) is 5.43 Å². The zero-order valence-electron chi connectivity index (χ0n) is 14.4. The molecule has 0 saturated carbocycles. The van der Waals surface area contributed by atoms with E-state index in [1.165, 1.54) is 36.0 Å². The summed E-state index contributed by atoms with van der Waals surface area (Å²) < 4.78 is 2.19. The van der Waals surface area contributed by atoms with Crippen LogP contribution >= 0.6 is 11.3 Å². The third-order valence-corrected chi connectivity index (χ3v) is 5.91. The zero-order chi connectivity index (χ0) is 16.7. The van der Waals surface area contributed by atoms with Crippen LogP contribution in [0.3, 0.4) is 0 Å². The molecule has 1 aromatic carbocycles. The molecule has 3 aromatic rings. The Labute approximate surface area is 146 Å². The predicted octanol–water partition coefficient (Wildman–Crippen LogP) is 5.10. The van der Waals surface area contributed by atoms with Crippen LogP contribution in [-0.4, -0.2) is 4.57 Å². The van der Waals surface area contributed by atoms with Gasteiger partial charge in [-0.05, 0) is 71.2 Å². The highest BCUT2D eigenvalue weighted by molar-refractivity contribution is 7.08. The zero-order valence-corrected chi connectivity index (χ0v) is 15.2. The molecule has 0 fully saturated rings. The van der Waals surface area contributed by atoms with Gasteiger partial charge in [-0.25, -0.2) is 0 Å². The minimum absolute atomic E-state index is 0.220. The average Bonchev–Trinajstić information content (AvgIpc) is 3.25. The number of rotatable bonds is 4. The monoisotopic (exact) mass is 337 g/mol. The number of fused-ring (bicyclic) bond motifs is 3.